The van der Waals surface area contributed by atoms with Gasteiger partial charge in [-0.25, -0.2) is 0 Å². The molecule has 86 valence electrons. The second-order valence-corrected chi connectivity index (χ2v) is 3.63. The number of carbonyl (C=O) groups excluding carboxylic acids is 2. The van der Waals surface area contributed by atoms with E-state index >= 15 is 0 Å². The molecule has 0 saturated carbocycles. The summed E-state index contributed by atoms with van der Waals surface area (Å²) in [5.74, 6) is -0.435. The maximum absolute atomic E-state index is 11.6. The minimum atomic E-state index is -0.388. The Bertz CT molecular complexity index is 369. The van der Waals surface area contributed by atoms with Crippen molar-refractivity contribution in [3.8, 4) is 0 Å². The Morgan fingerprint density at radius 1 is 1.44 bits per heavy atom. The van der Waals surface area contributed by atoms with Crippen LogP contribution in [0.3, 0.4) is 0 Å². The molecule has 0 aromatic carbocycles. The molecule has 7 heteroatoms. The van der Waals surface area contributed by atoms with Gasteiger partial charge in [0.2, 0.25) is 5.91 Å². The molecule has 2 heterocycles. The van der Waals surface area contributed by atoms with Crippen LogP contribution in [-0.2, 0) is 4.79 Å². The summed E-state index contributed by atoms with van der Waals surface area (Å²) in [6, 6.07) is 0. The number of amides is 2. The largest absolute Gasteiger partial charge is 0.342 e. The number of nitrogens with one attached hydrogen (secondary N) is 2. The van der Waals surface area contributed by atoms with Crippen molar-refractivity contribution in [1.29, 1.82) is 0 Å². The van der Waals surface area contributed by atoms with E-state index in [9.17, 15) is 9.59 Å². The smallest absolute Gasteiger partial charge is 0.273 e. The topological polar surface area (TPSA) is 91.0 Å². The van der Waals surface area contributed by atoms with Gasteiger partial charge in [-0.2, -0.15) is 15.4 Å². The maximum atomic E-state index is 11.6. The van der Waals surface area contributed by atoms with Crippen molar-refractivity contribution in [3.05, 3.63) is 11.9 Å². The van der Waals surface area contributed by atoms with Crippen molar-refractivity contribution in [2.24, 2.45) is 0 Å². The normalized spacial score (nSPS) is 15.1. The summed E-state index contributed by atoms with van der Waals surface area (Å²) in [7, 11) is 0. The maximum Gasteiger partial charge on any atom is 0.273 e. The van der Waals surface area contributed by atoms with E-state index < -0.39 is 0 Å². The zero-order chi connectivity index (χ0) is 11.4. The highest BCUT2D eigenvalue weighted by molar-refractivity contribution is 5.94. The summed E-state index contributed by atoms with van der Waals surface area (Å²) in [4.78, 5) is 24.8. The fraction of sp³-hybridized carbons (Fsp3) is 0.556. The van der Waals surface area contributed by atoms with E-state index in [1.165, 1.54) is 6.20 Å². The lowest BCUT2D eigenvalue weighted by Crippen LogP contribution is -2.38. The molecule has 7 nitrogen and oxygen atoms in total. The van der Waals surface area contributed by atoms with Gasteiger partial charge in [-0.1, -0.05) is 0 Å². The molecule has 16 heavy (non-hydrogen) atoms. The van der Waals surface area contributed by atoms with Crippen LogP contribution in [-0.4, -0.2) is 51.8 Å². The number of likely N-dealkylation sites (tertiary alicyclic amines) is 1. The Labute approximate surface area is 92.2 Å². The van der Waals surface area contributed by atoms with Gasteiger partial charge in [0.25, 0.3) is 5.91 Å². The van der Waals surface area contributed by atoms with Gasteiger partial charge >= 0.3 is 0 Å². The first-order chi connectivity index (χ1) is 7.77. The molecule has 1 aliphatic heterocycles. The van der Waals surface area contributed by atoms with Crippen LogP contribution in [0, 0.1) is 0 Å². The quantitative estimate of drug-likeness (QED) is 0.698. The zero-order valence-electron chi connectivity index (χ0n) is 8.77. The summed E-state index contributed by atoms with van der Waals surface area (Å²) >= 11 is 0. The minimum Gasteiger partial charge on any atom is -0.342 e. The van der Waals surface area contributed by atoms with Crippen molar-refractivity contribution in [2.45, 2.75) is 12.8 Å². The van der Waals surface area contributed by atoms with E-state index in [1.807, 2.05) is 0 Å². The van der Waals surface area contributed by atoms with Crippen LogP contribution in [0.4, 0.5) is 0 Å². The molecule has 1 aliphatic rings. The summed E-state index contributed by atoms with van der Waals surface area (Å²) < 4.78 is 0. The Kier molecular flexibility index (Phi) is 3.13. The molecule has 2 amide bonds. The average Bonchev–Trinajstić information content (AvgIpc) is 2.95. The van der Waals surface area contributed by atoms with E-state index in [0.29, 0.717) is 0 Å². The highest BCUT2D eigenvalue weighted by atomic mass is 16.2. The Morgan fingerprint density at radius 2 is 2.19 bits per heavy atom. The van der Waals surface area contributed by atoms with Crippen molar-refractivity contribution >= 4 is 11.8 Å². The highest BCUT2D eigenvalue weighted by Gasteiger charge is 2.18. The van der Waals surface area contributed by atoms with Crippen LogP contribution in [0.5, 0.6) is 0 Å². The predicted octanol–water partition coefficient (Wildman–Crippen LogP) is -0.843. The predicted molar refractivity (Wildman–Crippen MR) is 54.5 cm³/mol. The molecular formula is C9H13N5O2. The van der Waals surface area contributed by atoms with Crippen molar-refractivity contribution < 1.29 is 9.59 Å². The molecule has 1 fully saturated rings. The van der Waals surface area contributed by atoms with E-state index in [1.54, 1.807) is 4.90 Å². The van der Waals surface area contributed by atoms with Gasteiger partial charge in [-0.3, -0.25) is 9.59 Å². The van der Waals surface area contributed by atoms with Crippen molar-refractivity contribution in [1.82, 2.24) is 25.6 Å². The van der Waals surface area contributed by atoms with Gasteiger partial charge in [0, 0.05) is 13.1 Å². The van der Waals surface area contributed by atoms with Crippen molar-refractivity contribution in [3.63, 3.8) is 0 Å². The number of aromatic nitrogens is 3. The molecule has 0 aliphatic carbocycles. The first-order valence-electron chi connectivity index (χ1n) is 5.19. The number of rotatable bonds is 3. The van der Waals surface area contributed by atoms with Gasteiger partial charge in [-0.15, -0.1) is 0 Å². The fourth-order valence-corrected chi connectivity index (χ4v) is 1.64. The second-order valence-electron chi connectivity index (χ2n) is 3.63. The van der Waals surface area contributed by atoms with E-state index in [0.717, 1.165) is 25.9 Å². The first kappa shape index (κ1) is 10.6. The molecule has 2 rings (SSSR count). The molecule has 1 saturated heterocycles. The molecule has 0 unspecified atom stereocenters. The van der Waals surface area contributed by atoms with Gasteiger partial charge in [0.15, 0.2) is 5.69 Å². The van der Waals surface area contributed by atoms with Crippen LogP contribution in [0.1, 0.15) is 23.3 Å². The molecule has 1 aromatic rings. The third-order valence-corrected chi connectivity index (χ3v) is 2.51. The average molecular weight is 223 g/mol. The number of aromatic amines is 1. The minimum absolute atomic E-state index is 0.0195. The number of H-pyrrole nitrogens is 1. The SMILES string of the molecule is O=C(NCC(=O)N1CCCC1)c1cn[nH]n1. The lowest BCUT2D eigenvalue weighted by atomic mass is 10.4. The Morgan fingerprint density at radius 3 is 2.81 bits per heavy atom. The van der Waals surface area contributed by atoms with Crippen molar-refractivity contribution in [2.75, 3.05) is 19.6 Å². The van der Waals surface area contributed by atoms with E-state index in [2.05, 4.69) is 20.7 Å². The molecular weight excluding hydrogens is 210 g/mol. The lowest BCUT2D eigenvalue weighted by Gasteiger charge is -2.14. The number of hydrogen-bond donors (Lipinski definition) is 2. The van der Waals surface area contributed by atoms with Crippen LogP contribution in [0.25, 0.3) is 0 Å². The standard InChI is InChI=1S/C9H13N5O2/c15-8(14-3-1-2-4-14)6-10-9(16)7-5-11-13-12-7/h5H,1-4,6H2,(H,10,16)(H,11,12,13). The zero-order valence-corrected chi connectivity index (χ0v) is 8.77. The monoisotopic (exact) mass is 223 g/mol. The fourth-order valence-electron chi connectivity index (χ4n) is 1.64. The summed E-state index contributed by atoms with van der Waals surface area (Å²) in [5, 5.41) is 12.0. The summed E-state index contributed by atoms with van der Waals surface area (Å²) in [6.45, 7) is 1.60. The third kappa shape index (κ3) is 2.36. The molecule has 0 spiro atoms. The van der Waals surface area contributed by atoms with E-state index in [4.69, 9.17) is 0 Å². The summed E-state index contributed by atoms with van der Waals surface area (Å²) in [5.41, 5.74) is 0.189. The van der Waals surface area contributed by atoms with Gasteiger partial charge < -0.3 is 10.2 Å². The molecule has 1 aromatic heterocycles. The number of nitrogens with zero attached hydrogens (tertiary/aromatic N) is 3. The Hall–Kier alpha value is -1.92. The van der Waals surface area contributed by atoms with Crippen LogP contribution in [0.15, 0.2) is 6.20 Å². The lowest BCUT2D eigenvalue weighted by molar-refractivity contribution is -0.129. The van der Waals surface area contributed by atoms with Crippen LogP contribution in [0.2, 0.25) is 0 Å². The first-order valence-corrected chi connectivity index (χ1v) is 5.19. The molecule has 2 N–H and O–H groups in total. The van der Waals surface area contributed by atoms with Gasteiger partial charge in [0.05, 0.1) is 12.7 Å². The van der Waals surface area contributed by atoms with E-state index in [-0.39, 0.29) is 24.1 Å². The van der Waals surface area contributed by atoms with Gasteiger partial charge in [-0.05, 0) is 12.8 Å². The van der Waals surface area contributed by atoms with Gasteiger partial charge in [0.1, 0.15) is 0 Å². The molecule has 0 bridgehead atoms. The third-order valence-electron chi connectivity index (χ3n) is 2.51. The Balaban J connectivity index is 1.79. The number of carbonyl (C=O) groups is 2. The molecule has 0 atom stereocenters. The van der Waals surface area contributed by atoms with Crippen LogP contribution < -0.4 is 5.32 Å². The second kappa shape index (κ2) is 4.73. The number of hydrogen-bond acceptors (Lipinski definition) is 4. The highest BCUT2D eigenvalue weighted by Crippen LogP contribution is 2.06. The van der Waals surface area contributed by atoms with Crippen LogP contribution >= 0.6 is 0 Å². The summed E-state index contributed by atoms with van der Waals surface area (Å²) in [6.07, 6.45) is 3.40. The molecule has 0 radical (unpaired) electrons.